The number of rotatable bonds is 13. The maximum Gasteiger partial charge on any atom is 0.190 e. The van der Waals surface area contributed by atoms with Crippen LogP contribution in [0.4, 0.5) is 0 Å². The Morgan fingerprint density at radius 1 is 0.561 bits per heavy atom. The topological polar surface area (TPSA) is 34.1 Å². The predicted molar refractivity (Wildman–Crippen MR) is 177 cm³/mol. The molecule has 0 radical (unpaired) electrons. The molecule has 0 atom stereocenters. The lowest BCUT2D eigenvalue weighted by atomic mass is 9.82. The van der Waals surface area contributed by atoms with E-state index in [2.05, 4.69) is 0 Å². The molecule has 0 heterocycles. The van der Waals surface area contributed by atoms with Gasteiger partial charge < -0.3 is 0 Å². The summed E-state index contributed by atoms with van der Waals surface area (Å²) in [7, 11) is -0.909. The molecule has 0 amide bonds. The van der Waals surface area contributed by atoms with Crippen molar-refractivity contribution in [3.8, 4) is 0 Å². The van der Waals surface area contributed by atoms with E-state index in [9.17, 15) is 9.59 Å². The summed E-state index contributed by atoms with van der Waals surface area (Å²) in [5, 5.41) is 0. The molecule has 0 N–H and O–H groups in total. The molecule has 3 saturated carbocycles. The fraction of sp³-hybridized carbons (Fsp3) is 0.737. The SMILES string of the molecule is CC1=C(CCCCCCCCC[P+](C2CCCCC2)(C2CCCCC2)C2CCCCC2)C(=O)c2ccccc2C1=O. The van der Waals surface area contributed by atoms with E-state index in [0.29, 0.717) is 16.7 Å². The van der Waals surface area contributed by atoms with Gasteiger partial charge in [0, 0.05) is 29.5 Å². The van der Waals surface area contributed by atoms with E-state index in [-0.39, 0.29) is 11.6 Å². The summed E-state index contributed by atoms with van der Waals surface area (Å²) in [4.78, 5) is 25.8. The summed E-state index contributed by atoms with van der Waals surface area (Å²) in [6.45, 7) is 1.85. The largest absolute Gasteiger partial charge is 0.289 e. The van der Waals surface area contributed by atoms with Gasteiger partial charge in [-0.3, -0.25) is 9.59 Å². The Hall–Kier alpha value is -1.27. The van der Waals surface area contributed by atoms with Gasteiger partial charge in [0.15, 0.2) is 11.6 Å². The van der Waals surface area contributed by atoms with Crippen molar-refractivity contribution < 1.29 is 9.59 Å². The lowest BCUT2D eigenvalue weighted by molar-refractivity contribution is 0.0971. The molecular weight excluding hydrogens is 519 g/mol. The summed E-state index contributed by atoms with van der Waals surface area (Å²) in [6, 6.07) is 7.33. The van der Waals surface area contributed by atoms with Crippen LogP contribution in [0, 0.1) is 0 Å². The second-order valence-corrected chi connectivity index (χ2v) is 18.8. The van der Waals surface area contributed by atoms with Crippen molar-refractivity contribution >= 4 is 18.8 Å². The van der Waals surface area contributed by atoms with Crippen LogP contribution in [0.2, 0.25) is 0 Å². The molecule has 4 aliphatic rings. The minimum Gasteiger partial charge on any atom is -0.289 e. The number of carbonyl (C=O) groups is 2. The van der Waals surface area contributed by atoms with Crippen LogP contribution in [-0.4, -0.2) is 34.7 Å². The molecule has 0 unspecified atom stereocenters. The second-order valence-electron chi connectivity index (χ2n) is 14.1. The molecule has 0 bridgehead atoms. The zero-order valence-corrected chi connectivity index (χ0v) is 27.2. The van der Waals surface area contributed by atoms with Crippen LogP contribution in [0.15, 0.2) is 35.4 Å². The molecule has 2 nitrogen and oxygen atoms in total. The molecule has 0 saturated heterocycles. The van der Waals surface area contributed by atoms with Gasteiger partial charge in [-0.25, -0.2) is 0 Å². The van der Waals surface area contributed by atoms with Crippen LogP contribution in [-0.2, 0) is 0 Å². The third-order valence-corrected chi connectivity index (χ3v) is 18.4. The Labute approximate surface area is 252 Å². The highest BCUT2D eigenvalue weighted by Crippen LogP contribution is 2.77. The number of hydrogen-bond acceptors (Lipinski definition) is 2. The summed E-state index contributed by atoms with van der Waals surface area (Å²) in [6.07, 6.45) is 34.6. The fourth-order valence-electron chi connectivity index (χ4n) is 9.55. The Balaban J connectivity index is 1.09. The van der Waals surface area contributed by atoms with Gasteiger partial charge in [0.05, 0.1) is 23.1 Å². The van der Waals surface area contributed by atoms with Crippen molar-refractivity contribution in [1.82, 2.24) is 0 Å². The highest BCUT2D eigenvalue weighted by atomic mass is 31.2. The lowest BCUT2D eigenvalue weighted by Crippen LogP contribution is -2.37. The Bertz CT molecular complexity index is 991. The van der Waals surface area contributed by atoms with Crippen LogP contribution >= 0.6 is 7.26 Å². The van der Waals surface area contributed by atoms with E-state index < -0.39 is 7.26 Å². The predicted octanol–water partition coefficient (Wildman–Crippen LogP) is 11.5. The zero-order valence-electron chi connectivity index (χ0n) is 26.3. The quantitative estimate of drug-likeness (QED) is 0.173. The number of fused-ring (bicyclic) bond motifs is 1. The molecule has 226 valence electrons. The van der Waals surface area contributed by atoms with Crippen LogP contribution < -0.4 is 0 Å². The van der Waals surface area contributed by atoms with E-state index in [1.165, 1.54) is 96.3 Å². The van der Waals surface area contributed by atoms with Gasteiger partial charge in [-0.1, -0.05) is 69.2 Å². The van der Waals surface area contributed by atoms with Gasteiger partial charge in [-0.2, -0.15) is 0 Å². The van der Waals surface area contributed by atoms with Crippen molar-refractivity contribution in [3.63, 3.8) is 0 Å². The van der Waals surface area contributed by atoms with Gasteiger partial charge >= 0.3 is 0 Å². The van der Waals surface area contributed by atoms with Gasteiger partial charge in [-0.15, -0.1) is 0 Å². The van der Waals surface area contributed by atoms with Crippen molar-refractivity contribution in [2.45, 2.75) is 172 Å². The monoisotopic (exact) mass is 577 g/mol. The molecule has 3 heteroatoms. The first-order chi connectivity index (χ1) is 20.1. The molecule has 4 aliphatic carbocycles. The van der Waals surface area contributed by atoms with Crippen LogP contribution in [0.1, 0.15) is 175 Å². The highest BCUT2D eigenvalue weighted by Gasteiger charge is 2.56. The molecular formula is C38H58O2P+. The van der Waals surface area contributed by atoms with E-state index in [0.717, 1.165) is 35.4 Å². The first-order valence-electron chi connectivity index (χ1n) is 17.9. The number of Topliss-reactive ketones (excluding diaryl/α,β-unsaturated/α-hetero) is 2. The van der Waals surface area contributed by atoms with Gasteiger partial charge in [-0.05, 0) is 110 Å². The normalized spacial score (nSPS) is 21.9. The standard InChI is InChI=1S/C38H58O2P/c1-30-34(38(40)36-28-18-17-27-35(36)37(30)39)26-16-5-3-2-4-6-19-29-41(31-20-10-7-11-21-31,32-22-12-8-13-23-32)33-24-14-9-15-25-33/h17-18,27-28,31-33H,2-16,19-26,29H2,1H3/q+1. The summed E-state index contributed by atoms with van der Waals surface area (Å²) >= 11 is 0. The molecule has 0 spiro atoms. The third-order valence-electron chi connectivity index (χ3n) is 11.7. The Kier molecular flexibility index (Phi) is 11.7. The first kappa shape index (κ1) is 31.2. The first-order valence-corrected chi connectivity index (χ1v) is 20.1. The molecule has 0 aliphatic heterocycles. The molecule has 5 rings (SSSR count). The molecule has 3 fully saturated rings. The van der Waals surface area contributed by atoms with E-state index >= 15 is 0 Å². The number of allylic oxidation sites excluding steroid dienone is 2. The van der Waals surface area contributed by atoms with Crippen molar-refractivity contribution in [1.29, 1.82) is 0 Å². The van der Waals surface area contributed by atoms with Crippen LogP contribution in [0.5, 0.6) is 0 Å². The van der Waals surface area contributed by atoms with Gasteiger partial charge in [0.2, 0.25) is 0 Å². The number of ketones is 2. The van der Waals surface area contributed by atoms with E-state index in [1.54, 1.807) is 50.8 Å². The minimum absolute atomic E-state index is 0.0452. The minimum atomic E-state index is -0.909. The second kappa shape index (κ2) is 15.5. The number of carbonyl (C=O) groups excluding carboxylic acids is 2. The lowest BCUT2D eigenvalue weighted by Gasteiger charge is -2.49. The Morgan fingerprint density at radius 3 is 1.46 bits per heavy atom. The van der Waals surface area contributed by atoms with E-state index in [1.807, 2.05) is 25.1 Å². The number of benzene rings is 1. The maximum atomic E-state index is 13.0. The average molecular weight is 578 g/mol. The van der Waals surface area contributed by atoms with Crippen molar-refractivity contribution in [2.24, 2.45) is 0 Å². The smallest absolute Gasteiger partial charge is 0.190 e. The van der Waals surface area contributed by atoms with Crippen molar-refractivity contribution in [3.05, 3.63) is 46.5 Å². The fourth-order valence-corrected chi connectivity index (χ4v) is 17.2. The summed E-state index contributed by atoms with van der Waals surface area (Å²) in [5.41, 5.74) is 6.01. The van der Waals surface area contributed by atoms with Gasteiger partial charge in [0.1, 0.15) is 0 Å². The number of hydrogen-bond donors (Lipinski definition) is 0. The maximum absolute atomic E-state index is 13.0. The van der Waals surface area contributed by atoms with Crippen LogP contribution in [0.25, 0.3) is 0 Å². The average Bonchev–Trinajstić information content (AvgIpc) is 3.04. The number of unbranched alkanes of at least 4 members (excludes halogenated alkanes) is 6. The van der Waals surface area contributed by atoms with Crippen molar-refractivity contribution in [2.75, 3.05) is 6.16 Å². The van der Waals surface area contributed by atoms with Gasteiger partial charge in [0.25, 0.3) is 0 Å². The molecule has 41 heavy (non-hydrogen) atoms. The zero-order chi connectivity index (χ0) is 28.5. The molecule has 0 aromatic heterocycles. The highest BCUT2D eigenvalue weighted by molar-refractivity contribution is 7.77. The Morgan fingerprint density at radius 2 is 0.976 bits per heavy atom. The summed E-state index contributed by atoms with van der Waals surface area (Å²) in [5.74, 6) is 0.127. The molecule has 1 aromatic rings. The van der Waals surface area contributed by atoms with Crippen LogP contribution in [0.3, 0.4) is 0 Å². The molecule has 1 aromatic carbocycles. The van der Waals surface area contributed by atoms with E-state index in [4.69, 9.17) is 0 Å². The summed E-state index contributed by atoms with van der Waals surface area (Å²) < 4.78 is 0. The third kappa shape index (κ3) is 7.28.